The number of amides is 1. The Kier molecular flexibility index (Phi) is 16.0. The highest BCUT2D eigenvalue weighted by Crippen LogP contribution is 2.70. The molecule has 11 rings (SSSR count). The Morgan fingerprint density at radius 3 is 2.15 bits per heavy atom. The average Bonchev–Trinajstić information content (AvgIpc) is 3.21. The molecule has 2 aromatic rings. The molecular formula is C61H80N4O14. The third-order valence-electron chi connectivity index (χ3n) is 17.8. The Balaban J connectivity index is 1.12. The van der Waals surface area contributed by atoms with Crippen LogP contribution in [0.25, 0.3) is 6.08 Å². The van der Waals surface area contributed by atoms with Gasteiger partial charge in [-0.3, -0.25) is 25.2 Å². The Bertz CT molecular complexity index is 2820. The third kappa shape index (κ3) is 10.3. The lowest BCUT2D eigenvalue weighted by molar-refractivity contribution is -0.277. The van der Waals surface area contributed by atoms with E-state index in [2.05, 4.69) is 21.9 Å². The molecule has 3 aliphatic carbocycles. The molecule has 4 saturated heterocycles. The van der Waals surface area contributed by atoms with E-state index in [0.717, 1.165) is 75.9 Å². The first-order valence-corrected chi connectivity index (χ1v) is 28.5. The van der Waals surface area contributed by atoms with Crippen molar-refractivity contribution < 1.29 is 68.0 Å². The zero-order valence-electron chi connectivity index (χ0n) is 47.0. The number of carbonyl (C=O) groups excluding carboxylic acids is 4. The highest BCUT2D eigenvalue weighted by atomic mass is 16.7. The van der Waals surface area contributed by atoms with Gasteiger partial charge in [0.1, 0.15) is 52.8 Å². The van der Waals surface area contributed by atoms with E-state index in [-0.39, 0.29) is 58.7 Å². The van der Waals surface area contributed by atoms with E-state index in [1.54, 1.807) is 13.0 Å². The highest BCUT2D eigenvalue weighted by Gasteiger charge is 2.85. The number of piperidine rings is 2. The van der Waals surface area contributed by atoms with Crippen molar-refractivity contribution in [3.63, 3.8) is 0 Å². The quantitative estimate of drug-likeness (QED) is 0.0461. The van der Waals surface area contributed by atoms with Gasteiger partial charge in [-0.2, -0.15) is 0 Å². The van der Waals surface area contributed by atoms with Crippen molar-refractivity contribution in [1.82, 2.24) is 20.9 Å². The molecule has 18 heteroatoms. The Morgan fingerprint density at radius 2 is 1.49 bits per heavy atom. The molecule has 3 saturated carbocycles. The summed E-state index contributed by atoms with van der Waals surface area (Å²) in [6.07, 6.45) is 10.1. The van der Waals surface area contributed by atoms with Crippen molar-refractivity contribution in [3.8, 4) is 23.0 Å². The Labute approximate surface area is 463 Å². The molecule has 18 nitrogen and oxygen atoms in total. The van der Waals surface area contributed by atoms with Gasteiger partial charge >= 0.3 is 5.97 Å². The molecule has 79 heavy (non-hydrogen) atoms. The van der Waals surface area contributed by atoms with Gasteiger partial charge in [-0.25, -0.2) is 14.8 Å². The van der Waals surface area contributed by atoms with Gasteiger partial charge in [-0.15, -0.1) is 0 Å². The molecule has 12 atom stereocenters. The fraction of sp³-hybridized carbons (Fsp3) is 0.607. The number of ketones is 2. The van der Waals surface area contributed by atoms with E-state index >= 15 is 9.59 Å². The van der Waals surface area contributed by atoms with E-state index in [9.17, 15) is 30.0 Å². The number of rotatable bonds is 16. The lowest BCUT2D eigenvalue weighted by Crippen LogP contribution is -2.82. The minimum atomic E-state index is -1.73. The molecule has 6 heterocycles. The SMILES string of the molecule is CC(C)=CCCC1(C)C=Cc2c(c(CC=C(C)C)c3c(c2OC(=O)c2ccc(O[C@@H]4O[C@H](CO)[C@@H](O)[C@@H](O)[C@H]4O)cc2)C(=O)C2C(NN4CCCCC4)C4CC5C(C)(C)OC(CC=C(C)C(=O)NN6CCCCC6)(C4=O)C25O3)O1. The fourth-order valence-corrected chi connectivity index (χ4v) is 13.7. The van der Waals surface area contributed by atoms with Crippen LogP contribution in [-0.2, 0) is 25.5 Å². The molecule has 428 valence electrons. The summed E-state index contributed by atoms with van der Waals surface area (Å²) in [4.78, 5) is 61.4. The van der Waals surface area contributed by atoms with Crippen LogP contribution in [0, 0.1) is 17.8 Å². The van der Waals surface area contributed by atoms with Gasteiger partial charge in [0.2, 0.25) is 6.29 Å². The van der Waals surface area contributed by atoms with Crippen molar-refractivity contribution in [2.75, 3.05) is 32.8 Å². The number of Topliss-reactive ketones (excluding diaryl/α,β-unsaturated/α-hetero) is 2. The number of aliphatic hydroxyl groups is 4. The van der Waals surface area contributed by atoms with Crippen LogP contribution in [0.1, 0.15) is 151 Å². The van der Waals surface area contributed by atoms with E-state index in [1.165, 1.54) is 24.3 Å². The second-order valence-corrected chi connectivity index (χ2v) is 24.3. The molecule has 6 N–H and O–H groups in total. The van der Waals surface area contributed by atoms with Crippen LogP contribution in [0.4, 0.5) is 0 Å². The summed E-state index contributed by atoms with van der Waals surface area (Å²) in [6.45, 7) is 18.0. The molecule has 1 spiro atoms. The van der Waals surface area contributed by atoms with Crippen molar-refractivity contribution in [2.45, 2.75) is 185 Å². The second kappa shape index (κ2) is 22.2. The van der Waals surface area contributed by atoms with Gasteiger partial charge < -0.3 is 48.8 Å². The van der Waals surface area contributed by atoms with Crippen molar-refractivity contribution >= 4 is 29.5 Å². The molecule has 7 fully saturated rings. The van der Waals surface area contributed by atoms with Crippen LogP contribution in [0.2, 0.25) is 0 Å². The summed E-state index contributed by atoms with van der Waals surface area (Å²) in [5.74, 6) is -3.29. The van der Waals surface area contributed by atoms with Crippen molar-refractivity contribution in [1.29, 1.82) is 0 Å². The third-order valence-corrected chi connectivity index (χ3v) is 17.8. The van der Waals surface area contributed by atoms with Crippen LogP contribution in [0.15, 0.2) is 65.3 Å². The molecule has 7 unspecified atom stereocenters. The number of ether oxygens (including phenoxy) is 6. The molecule has 1 amide bonds. The second-order valence-electron chi connectivity index (χ2n) is 24.3. The van der Waals surface area contributed by atoms with Gasteiger partial charge in [0, 0.05) is 61.6 Å². The van der Waals surface area contributed by atoms with Crippen LogP contribution in [0.3, 0.4) is 0 Å². The Morgan fingerprint density at radius 1 is 0.823 bits per heavy atom. The highest BCUT2D eigenvalue weighted by molar-refractivity contribution is 6.11. The summed E-state index contributed by atoms with van der Waals surface area (Å²) < 4.78 is 40.3. The maximum atomic E-state index is 16.8. The standard InChI is InChI=1S/C61H80N4O14/c1-34(2)16-15-25-59(8)26-24-40-51(77-59)39(22-17-35(3)4)53-44(52(40)76-56(73)37-18-20-38(21-19-37)74-57-50(70)49(69)47(67)42(33-66)75-57)48(68)45-46(62-64-28-11-9-12-29-64)41-32-43-58(6,7)79-60(54(41)71,61(43,45)78-53)27-23-36(5)55(72)63-65-30-13-10-14-31-65/h16-21,23-24,26,41-43,45-47,49-50,57,62,66-67,69-70H,9-15,22,25,27-33H2,1-8H3,(H,63,72)/t41?,42-,43?,45?,46?,47-,49-,50-,57-,59?,60?,61?/m1/s1. The van der Waals surface area contributed by atoms with Crippen LogP contribution in [-0.4, -0.2) is 146 Å². The number of hydrogen-bond acceptors (Lipinski definition) is 17. The largest absolute Gasteiger partial charge is 0.482 e. The van der Waals surface area contributed by atoms with E-state index in [4.69, 9.17) is 28.4 Å². The summed E-state index contributed by atoms with van der Waals surface area (Å²) in [5, 5.41) is 45.2. The van der Waals surface area contributed by atoms with Crippen molar-refractivity contribution in [3.05, 3.63) is 87.5 Å². The van der Waals surface area contributed by atoms with Crippen LogP contribution >= 0.6 is 0 Å². The van der Waals surface area contributed by atoms with Gasteiger partial charge in [-0.1, -0.05) is 42.2 Å². The number of esters is 1. The topological polar surface area (TPSA) is 235 Å². The summed E-state index contributed by atoms with van der Waals surface area (Å²) >= 11 is 0. The lowest BCUT2D eigenvalue weighted by atomic mass is 9.45. The first-order chi connectivity index (χ1) is 37.6. The maximum Gasteiger partial charge on any atom is 0.343 e. The number of carbonyl (C=O) groups is 4. The normalized spacial score (nSPS) is 33.6. The zero-order valence-corrected chi connectivity index (χ0v) is 47.0. The van der Waals surface area contributed by atoms with Crippen LogP contribution in [0.5, 0.6) is 23.0 Å². The van der Waals surface area contributed by atoms with Crippen molar-refractivity contribution in [2.24, 2.45) is 17.8 Å². The molecule has 6 aliphatic heterocycles. The summed E-state index contributed by atoms with van der Waals surface area (Å²) in [6, 6.07) is 5.04. The number of nitrogens with one attached hydrogen (secondary N) is 2. The van der Waals surface area contributed by atoms with Gasteiger partial charge in [0.15, 0.2) is 28.5 Å². The van der Waals surface area contributed by atoms with Gasteiger partial charge in [-0.05, 0) is 143 Å². The molecule has 4 bridgehead atoms. The van der Waals surface area contributed by atoms with E-state index in [1.807, 2.05) is 71.7 Å². The first kappa shape index (κ1) is 57.0. The summed E-state index contributed by atoms with van der Waals surface area (Å²) in [5.41, 5.74) is 5.24. The minimum absolute atomic E-state index is 0.0368. The molecule has 9 aliphatic rings. The van der Waals surface area contributed by atoms with Gasteiger partial charge in [0.25, 0.3) is 5.91 Å². The molecule has 0 radical (unpaired) electrons. The lowest BCUT2D eigenvalue weighted by Gasteiger charge is -2.63. The molecular weight excluding hydrogens is 1010 g/mol. The fourth-order valence-electron chi connectivity index (χ4n) is 13.7. The minimum Gasteiger partial charge on any atom is -0.482 e. The number of fused-ring (bicyclic) bond motifs is 2. The van der Waals surface area contributed by atoms with Crippen LogP contribution < -0.4 is 29.8 Å². The average molecular weight is 1090 g/mol. The number of hydrazine groups is 2. The Hall–Kier alpha value is -5.28. The zero-order chi connectivity index (χ0) is 56.3. The van der Waals surface area contributed by atoms with E-state index in [0.29, 0.717) is 41.7 Å². The maximum absolute atomic E-state index is 16.8. The predicted octanol–water partition coefficient (Wildman–Crippen LogP) is 6.41. The number of nitrogens with zero attached hydrogens (tertiary/aromatic N) is 2. The number of aliphatic hydroxyl groups excluding tert-OH is 4. The predicted molar refractivity (Wildman–Crippen MR) is 292 cm³/mol. The smallest absolute Gasteiger partial charge is 0.343 e. The number of allylic oxidation sites excluding steroid dienone is 4. The number of benzene rings is 2. The van der Waals surface area contributed by atoms with Gasteiger partial charge in [0.05, 0.1) is 29.3 Å². The number of hydrogen-bond donors (Lipinski definition) is 6. The van der Waals surface area contributed by atoms with E-state index < -0.39 is 89.5 Å². The molecule has 2 aromatic carbocycles. The summed E-state index contributed by atoms with van der Waals surface area (Å²) in [7, 11) is 0. The molecule has 0 aromatic heterocycles. The monoisotopic (exact) mass is 1090 g/mol. The first-order valence-electron chi connectivity index (χ1n) is 28.5.